The molecule has 96 valence electrons. The van der Waals surface area contributed by atoms with E-state index in [9.17, 15) is 9.59 Å². The van der Waals surface area contributed by atoms with Crippen LogP contribution in [0.1, 0.15) is 23.1 Å². The van der Waals surface area contributed by atoms with E-state index in [1.165, 1.54) is 18.3 Å². The molecule has 5 nitrogen and oxygen atoms in total. The predicted molar refractivity (Wildman–Crippen MR) is 73.8 cm³/mol. The van der Waals surface area contributed by atoms with Crippen LogP contribution < -0.4 is 5.56 Å². The molecule has 0 bridgehead atoms. The van der Waals surface area contributed by atoms with Gasteiger partial charge in [-0.25, -0.2) is 4.98 Å². The highest BCUT2D eigenvalue weighted by Crippen LogP contribution is 2.14. The van der Waals surface area contributed by atoms with E-state index in [-0.39, 0.29) is 11.3 Å². The largest absolute Gasteiger partial charge is 0.346 e. The molecule has 0 aliphatic carbocycles. The molecule has 6 heteroatoms. The van der Waals surface area contributed by atoms with Crippen LogP contribution in [0.4, 0.5) is 0 Å². The van der Waals surface area contributed by atoms with Crippen LogP contribution in [0.15, 0.2) is 34.7 Å². The number of rotatable bonds is 3. The standard InChI is InChI=1S/C13H11N3O2S/c1-8(17)9-2-4-16(6-9)7-11-14-10-3-5-19-12(10)13(18)15-11/h2-6H,7H2,1H3,(H,14,15,18). The Balaban J connectivity index is 1.96. The molecule has 3 heterocycles. The highest BCUT2D eigenvalue weighted by Gasteiger charge is 2.06. The molecule has 1 N–H and O–H groups in total. The molecule has 0 amide bonds. The number of thiophene rings is 1. The number of fused-ring (bicyclic) bond motifs is 1. The van der Waals surface area contributed by atoms with Crippen molar-refractivity contribution < 1.29 is 4.79 Å². The molecular weight excluding hydrogens is 262 g/mol. The second-order valence-electron chi connectivity index (χ2n) is 4.28. The Kier molecular flexibility index (Phi) is 2.79. The summed E-state index contributed by atoms with van der Waals surface area (Å²) in [6.07, 6.45) is 3.55. The minimum atomic E-state index is -0.117. The Morgan fingerprint density at radius 1 is 1.47 bits per heavy atom. The number of nitrogens with zero attached hydrogens (tertiary/aromatic N) is 2. The molecule has 0 radical (unpaired) electrons. The van der Waals surface area contributed by atoms with Crippen molar-refractivity contribution in [1.82, 2.24) is 14.5 Å². The fourth-order valence-corrected chi connectivity index (χ4v) is 2.64. The number of nitrogens with one attached hydrogen (secondary N) is 1. The lowest BCUT2D eigenvalue weighted by Gasteiger charge is -2.02. The van der Waals surface area contributed by atoms with Gasteiger partial charge >= 0.3 is 0 Å². The van der Waals surface area contributed by atoms with Crippen LogP contribution in [0.5, 0.6) is 0 Å². The summed E-state index contributed by atoms with van der Waals surface area (Å²) in [6, 6.07) is 3.58. The van der Waals surface area contributed by atoms with Crippen molar-refractivity contribution in [2.24, 2.45) is 0 Å². The van der Waals surface area contributed by atoms with Gasteiger partial charge in [-0.15, -0.1) is 11.3 Å². The van der Waals surface area contributed by atoms with E-state index in [2.05, 4.69) is 9.97 Å². The first kappa shape index (κ1) is 11.9. The van der Waals surface area contributed by atoms with Crippen LogP contribution >= 0.6 is 11.3 Å². The van der Waals surface area contributed by atoms with E-state index in [1.54, 1.807) is 18.5 Å². The van der Waals surface area contributed by atoms with E-state index in [0.717, 1.165) is 0 Å². The topological polar surface area (TPSA) is 67.8 Å². The molecule has 3 aromatic rings. The first-order valence-corrected chi connectivity index (χ1v) is 6.64. The SMILES string of the molecule is CC(=O)c1ccn(Cc2nc3ccsc3c(=O)[nH]2)c1. The summed E-state index contributed by atoms with van der Waals surface area (Å²) in [6.45, 7) is 1.96. The number of H-pyrrole nitrogens is 1. The Morgan fingerprint density at radius 2 is 2.32 bits per heavy atom. The smallest absolute Gasteiger partial charge is 0.268 e. The number of aromatic nitrogens is 3. The average molecular weight is 273 g/mol. The second-order valence-corrected chi connectivity index (χ2v) is 5.19. The van der Waals surface area contributed by atoms with Crippen molar-refractivity contribution in [3.05, 3.63) is 51.6 Å². The van der Waals surface area contributed by atoms with E-state index < -0.39 is 0 Å². The maximum absolute atomic E-state index is 11.8. The fraction of sp³-hybridized carbons (Fsp3) is 0.154. The fourth-order valence-electron chi connectivity index (χ4n) is 1.92. The Hall–Kier alpha value is -2.21. The van der Waals surface area contributed by atoms with Crippen molar-refractivity contribution in [3.8, 4) is 0 Å². The van der Waals surface area contributed by atoms with Gasteiger partial charge in [0.1, 0.15) is 10.5 Å². The van der Waals surface area contributed by atoms with Gasteiger partial charge in [0, 0.05) is 18.0 Å². The first-order valence-electron chi connectivity index (χ1n) is 5.76. The van der Waals surface area contributed by atoms with Crippen LogP contribution in [0.25, 0.3) is 10.2 Å². The lowest BCUT2D eigenvalue weighted by Crippen LogP contribution is -2.12. The molecule has 0 unspecified atom stereocenters. The number of ketones is 1. The molecule has 3 aromatic heterocycles. The first-order chi connectivity index (χ1) is 9.13. The van der Waals surface area contributed by atoms with E-state index in [0.29, 0.717) is 28.1 Å². The summed E-state index contributed by atoms with van der Waals surface area (Å²) < 4.78 is 2.47. The van der Waals surface area contributed by atoms with Gasteiger partial charge in [-0.2, -0.15) is 0 Å². The monoisotopic (exact) mass is 273 g/mol. The molecular formula is C13H11N3O2S. The maximum atomic E-state index is 11.8. The number of carbonyl (C=O) groups excluding carboxylic acids is 1. The Bertz CT molecular complexity index is 813. The summed E-state index contributed by atoms with van der Waals surface area (Å²) in [5.74, 6) is 0.607. The zero-order valence-corrected chi connectivity index (χ0v) is 11.0. The molecule has 0 aliphatic rings. The molecule has 0 saturated heterocycles. The molecule has 0 aromatic carbocycles. The Labute approximate surface area is 112 Å². The van der Waals surface area contributed by atoms with Crippen molar-refractivity contribution in [2.45, 2.75) is 13.5 Å². The summed E-state index contributed by atoms with van der Waals surface area (Å²) in [7, 11) is 0. The number of aromatic amines is 1. The molecule has 0 atom stereocenters. The van der Waals surface area contributed by atoms with Crippen LogP contribution in [0, 0.1) is 0 Å². The number of carbonyl (C=O) groups is 1. The maximum Gasteiger partial charge on any atom is 0.268 e. The number of hydrogen-bond acceptors (Lipinski definition) is 4. The molecule has 0 spiro atoms. The second kappa shape index (κ2) is 4.47. The van der Waals surface area contributed by atoms with Gasteiger partial charge in [-0.05, 0) is 24.4 Å². The zero-order valence-electron chi connectivity index (χ0n) is 10.2. The third-order valence-electron chi connectivity index (χ3n) is 2.85. The van der Waals surface area contributed by atoms with Gasteiger partial charge in [-0.3, -0.25) is 9.59 Å². The molecule has 0 saturated carbocycles. The van der Waals surface area contributed by atoms with E-state index in [4.69, 9.17) is 0 Å². The highest BCUT2D eigenvalue weighted by molar-refractivity contribution is 7.17. The van der Waals surface area contributed by atoms with Gasteiger partial charge in [-0.1, -0.05) is 0 Å². The minimum Gasteiger partial charge on any atom is -0.346 e. The van der Waals surface area contributed by atoms with Crippen LogP contribution in [-0.2, 0) is 6.54 Å². The van der Waals surface area contributed by atoms with Crippen LogP contribution in [0.2, 0.25) is 0 Å². The normalized spacial score (nSPS) is 11.0. The van der Waals surface area contributed by atoms with Crippen molar-refractivity contribution >= 4 is 27.3 Å². The third kappa shape index (κ3) is 2.22. The van der Waals surface area contributed by atoms with Gasteiger partial charge in [0.05, 0.1) is 12.1 Å². The number of hydrogen-bond donors (Lipinski definition) is 1. The molecule has 19 heavy (non-hydrogen) atoms. The summed E-state index contributed by atoms with van der Waals surface area (Å²) >= 11 is 1.38. The quantitative estimate of drug-likeness (QED) is 0.742. The predicted octanol–water partition coefficient (Wildman–Crippen LogP) is 2.04. The van der Waals surface area contributed by atoms with Gasteiger partial charge in [0.25, 0.3) is 5.56 Å². The van der Waals surface area contributed by atoms with Crippen molar-refractivity contribution in [2.75, 3.05) is 0 Å². The van der Waals surface area contributed by atoms with Gasteiger partial charge in [0.15, 0.2) is 5.78 Å². The Morgan fingerprint density at radius 3 is 3.05 bits per heavy atom. The van der Waals surface area contributed by atoms with E-state index in [1.807, 2.05) is 16.0 Å². The van der Waals surface area contributed by atoms with Gasteiger partial charge < -0.3 is 9.55 Å². The third-order valence-corrected chi connectivity index (χ3v) is 3.76. The lowest BCUT2D eigenvalue weighted by atomic mass is 10.2. The van der Waals surface area contributed by atoms with Crippen LogP contribution in [0.3, 0.4) is 0 Å². The van der Waals surface area contributed by atoms with Gasteiger partial charge in [0.2, 0.25) is 0 Å². The summed E-state index contributed by atoms with van der Waals surface area (Å²) in [5, 5.41) is 1.85. The zero-order chi connectivity index (χ0) is 13.4. The van der Waals surface area contributed by atoms with E-state index >= 15 is 0 Å². The molecule has 0 aliphatic heterocycles. The average Bonchev–Trinajstić information content (AvgIpc) is 2.97. The number of Topliss-reactive ketones (excluding diaryl/α,β-unsaturated/α-hetero) is 1. The highest BCUT2D eigenvalue weighted by atomic mass is 32.1. The summed E-state index contributed by atoms with van der Waals surface area (Å²) in [5.41, 5.74) is 1.25. The summed E-state index contributed by atoms with van der Waals surface area (Å²) in [4.78, 5) is 30.2. The molecule has 3 rings (SSSR count). The minimum absolute atomic E-state index is 0.0217. The lowest BCUT2D eigenvalue weighted by molar-refractivity contribution is 0.101. The van der Waals surface area contributed by atoms with Crippen molar-refractivity contribution in [1.29, 1.82) is 0 Å². The van der Waals surface area contributed by atoms with Crippen molar-refractivity contribution in [3.63, 3.8) is 0 Å². The van der Waals surface area contributed by atoms with Crippen LogP contribution in [-0.4, -0.2) is 20.3 Å². The molecule has 0 fully saturated rings.